The lowest BCUT2D eigenvalue weighted by Crippen LogP contribution is -2.46. The van der Waals surface area contributed by atoms with Crippen molar-refractivity contribution in [2.75, 3.05) is 25.7 Å². The van der Waals surface area contributed by atoms with Crippen molar-refractivity contribution in [2.24, 2.45) is 11.8 Å². The first kappa shape index (κ1) is 34.6. The summed E-state index contributed by atoms with van der Waals surface area (Å²) in [6.45, 7) is 14.5. The van der Waals surface area contributed by atoms with Crippen LogP contribution in [0, 0.1) is 18.8 Å². The van der Waals surface area contributed by atoms with Gasteiger partial charge in [0.05, 0.1) is 19.1 Å². The number of ether oxygens (including phenoxy) is 2. The Morgan fingerprint density at radius 3 is 2.28 bits per heavy atom. The fourth-order valence-corrected chi connectivity index (χ4v) is 9.17. The van der Waals surface area contributed by atoms with Crippen molar-refractivity contribution in [3.63, 3.8) is 0 Å². The zero-order valence-corrected chi connectivity index (χ0v) is 31.0. The van der Waals surface area contributed by atoms with Gasteiger partial charge in [-0.25, -0.2) is 4.98 Å². The predicted octanol–water partition coefficient (Wildman–Crippen LogP) is 10.0. The minimum Gasteiger partial charge on any atom is -0.497 e. The van der Waals surface area contributed by atoms with Crippen molar-refractivity contribution in [3.8, 4) is 21.4 Å². The highest BCUT2D eigenvalue weighted by atomic mass is 32.1. The first-order valence-corrected chi connectivity index (χ1v) is 20.8. The first-order chi connectivity index (χ1) is 21.9. The number of carbonyl (C=O) groups is 1. The highest BCUT2D eigenvalue weighted by Gasteiger charge is 2.41. The summed E-state index contributed by atoms with van der Waals surface area (Å²) in [5.41, 5.74) is 4.81. The molecule has 3 aromatic rings. The maximum absolute atomic E-state index is 14.5. The van der Waals surface area contributed by atoms with Crippen LogP contribution in [0.25, 0.3) is 10.4 Å². The van der Waals surface area contributed by atoms with Crippen LogP contribution in [0.5, 0.6) is 10.9 Å². The molecule has 2 aromatic carbocycles. The number of nitrogens with zero attached hydrogens (tertiary/aromatic N) is 2. The molecule has 0 bridgehead atoms. The second-order valence-electron chi connectivity index (χ2n) is 15.0. The van der Waals surface area contributed by atoms with Crippen molar-refractivity contribution in [3.05, 3.63) is 59.8 Å². The summed E-state index contributed by atoms with van der Waals surface area (Å²) < 4.78 is 17.6. The zero-order chi connectivity index (χ0) is 33.1. The number of carbonyl (C=O) groups excluding carboxylic acids is 1. The van der Waals surface area contributed by atoms with Gasteiger partial charge in [-0.2, -0.15) is 0 Å². The fraction of sp³-hybridized carbons (Fsp3) is 0.579. The van der Waals surface area contributed by atoms with Crippen molar-refractivity contribution < 1.29 is 18.7 Å². The van der Waals surface area contributed by atoms with Crippen molar-refractivity contribution in [1.82, 2.24) is 4.98 Å². The largest absolute Gasteiger partial charge is 0.497 e. The Balaban J connectivity index is 1.31. The average molecular weight is 663 g/mol. The van der Waals surface area contributed by atoms with Gasteiger partial charge in [-0.3, -0.25) is 4.79 Å². The minimum atomic E-state index is -1.84. The highest BCUT2D eigenvalue weighted by molar-refractivity contribution is 7.16. The van der Waals surface area contributed by atoms with E-state index in [0.717, 1.165) is 79.8 Å². The summed E-state index contributed by atoms with van der Waals surface area (Å²) >= 11 is 1.53. The van der Waals surface area contributed by atoms with Gasteiger partial charge < -0.3 is 18.8 Å². The Labute approximate surface area is 282 Å². The van der Waals surface area contributed by atoms with E-state index >= 15 is 0 Å². The number of rotatable bonds is 10. The van der Waals surface area contributed by atoms with E-state index in [1.165, 1.54) is 22.5 Å². The van der Waals surface area contributed by atoms with Crippen LogP contribution >= 0.6 is 11.3 Å². The topological polar surface area (TPSA) is 60.9 Å². The third-order valence-electron chi connectivity index (χ3n) is 10.9. The molecule has 1 amide bonds. The van der Waals surface area contributed by atoms with Crippen LogP contribution in [0.15, 0.2) is 48.7 Å². The van der Waals surface area contributed by atoms with Crippen molar-refractivity contribution in [2.45, 2.75) is 109 Å². The van der Waals surface area contributed by atoms with Crippen LogP contribution in [0.2, 0.25) is 18.1 Å². The number of thiazole rings is 1. The molecule has 0 atom stereocenters. The third kappa shape index (κ3) is 8.05. The molecule has 2 fully saturated rings. The predicted molar refractivity (Wildman–Crippen MR) is 193 cm³/mol. The number of hydrogen-bond donors (Lipinski definition) is 0. The highest BCUT2D eigenvalue weighted by Crippen LogP contribution is 2.42. The van der Waals surface area contributed by atoms with Crippen LogP contribution in [0.1, 0.15) is 89.2 Å². The Morgan fingerprint density at radius 1 is 0.957 bits per heavy atom. The lowest BCUT2D eigenvalue weighted by molar-refractivity contribution is -0.124. The molecule has 0 unspecified atom stereocenters. The quantitative estimate of drug-likeness (QED) is 0.202. The number of aromatic nitrogens is 1. The SMILES string of the molecule is COc1ccc(C2CCC(CN(C(=O)C3CCC(O[Si](C)(C)C(C)(C)C)CC3)c3cccc(-c4cnc(OC)s4)c3)CC2)c(C)c1. The standard InChI is InChI=1S/C38H54N2O4SSi/c1-26-22-33(42-5)20-21-34(26)28-14-12-27(13-15-28)25-40(31-11-9-10-30(23-31)35-24-39-37(43-6)45-35)36(41)29-16-18-32(19-17-29)44-46(7,8)38(2,3)4/h9-11,20-24,27-29,32H,12-19,25H2,1-8H3. The Bertz CT molecular complexity index is 1470. The second-order valence-corrected chi connectivity index (χ2v) is 20.7. The van der Waals surface area contributed by atoms with Gasteiger partial charge in [0.15, 0.2) is 8.32 Å². The molecule has 2 aliphatic rings. The zero-order valence-electron chi connectivity index (χ0n) is 29.2. The third-order valence-corrected chi connectivity index (χ3v) is 16.4. The molecule has 1 aromatic heterocycles. The normalized spacial score (nSPS) is 22.3. The molecule has 0 N–H and O–H groups in total. The monoisotopic (exact) mass is 662 g/mol. The van der Waals surface area contributed by atoms with Crippen LogP contribution in [0.3, 0.4) is 0 Å². The number of hydrogen-bond acceptors (Lipinski definition) is 6. The van der Waals surface area contributed by atoms with Gasteiger partial charge in [-0.1, -0.05) is 50.3 Å². The minimum absolute atomic E-state index is 0.0321. The average Bonchev–Trinajstić information content (AvgIpc) is 3.53. The van der Waals surface area contributed by atoms with E-state index in [4.69, 9.17) is 13.9 Å². The molecule has 1 heterocycles. The van der Waals surface area contributed by atoms with Crippen molar-refractivity contribution in [1.29, 1.82) is 0 Å². The number of benzene rings is 2. The molecule has 5 rings (SSSR count). The maximum atomic E-state index is 14.5. The smallest absolute Gasteiger partial charge is 0.273 e. The summed E-state index contributed by atoms with van der Waals surface area (Å²) in [6, 6.07) is 14.9. The van der Waals surface area contributed by atoms with E-state index in [2.05, 4.69) is 93.1 Å². The van der Waals surface area contributed by atoms with Gasteiger partial charge in [0.2, 0.25) is 5.91 Å². The van der Waals surface area contributed by atoms with Gasteiger partial charge in [-0.05, 0) is 129 Å². The molecule has 8 heteroatoms. The Morgan fingerprint density at radius 2 is 1.67 bits per heavy atom. The lowest BCUT2D eigenvalue weighted by atomic mass is 9.77. The summed E-state index contributed by atoms with van der Waals surface area (Å²) in [7, 11) is 1.54. The van der Waals surface area contributed by atoms with Crippen molar-refractivity contribution >= 4 is 31.2 Å². The molecule has 6 nitrogen and oxygen atoms in total. The van der Waals surface area contributed by atoms with Crippen LogP contribution in [-0.2, 0) is 9.22 Å². The molecule has 0 aliphatic heterocycles. The number of methoxy groups -OCH3 is 2. The summed E-state index contributed by atoms with van der Waals surface area (Å²) in [5.74, 6) is 2.27. The maximum Gasteiger partial charge on any atom is 0.273 e. The summed E-state index contributed by atoms with van der Waals surface area (Å²) in [6.07, 6.45) is 10.4. The van der Waals surface area contributed by atoms with E-state index < -0.39 is 8.32 Å². The molecule has 0 saturated heterocycles. The van der Waals surface area contributed by atoms with E-state index in [-0.39, 0.29) is 23.0 Å². The van der Waals surface area contributed by atoms with Gasteiger partial charge >= 0.3 is 0 Å². The Kier molecular flexibility index (Phi) is 11.0. The lowest BCUT2D eigenvalue weighted by Gasteiger charge is -2.41. The second kappa shape index (κ2) is 14.6. The van der Waals surface area contributed by atoms with Gasteiger partial charge in [0.25, 0.3) is 5.19 Å². The van der Waals surface area contributed by atoms with Crippen LogP contribution in [0.4, 0.5) is 5.69 Å². The molecule has 250 valence electrons. The molecular formula is C38H54N2O4SSi. The molecule has 2 aliphatic carbocycles. The molecular weight excluding hydrogens is 609 g/mol. The Hall–Kier alpha value is -2.68. The molecule has 0 spiro atoms. The van der Waals surface area contributed by atoms with E-state index in [9.17, 15) is 4.79 Å². The van der Waals surface area contributed by atoms with E-state index in [1.54, 1.807) is 14.2 Å². The summed E-state index contributed by atoms with van der Waals surface area (Å²) in [5, 5.41) is 0.836. The van der Waals surface area contributed by atoms with Crippen LogP contribution in [-0.4, -0.2) is 46.1 Å². The number of amides is 1. The van der Waals surface area contributed by atoms with Gasteiger partial charge in [-0.15, -0.1) is 0 Å². The van der Waals surface area contributed by atoms with Crippen LogP contribution < -0.4 is 14.4 Å². The number of aryl methyl sites for hydroxylation is 1. The molecule has 0 radical (unpaired) electrons. The van der Waals surface area contributed by atoms with E-state index in [1.807, 2.05) is 6.20 Å². The van der Waals surface area contributed by atoms with Gasteiger partial charge in [0.1, 0.15) is 5.75 Å². The fourth-order valence-electron chi connectivity index (χ4n) is 7.02. The van der Waals surface area contributed by atoms with E-state index in [0.29, 0.717) is 17.0 Å². The van der Waals surface area contributed by atoms with Gasteiger partial charge in [0, 0.05) is 30.5 Å². The molecule has 46 heavy (non-hydrogen) atoms. The number of anilines is 1. The first-order valence-electron chi connectivity index (χ1n) is 17.1. The summed E-state index contributed by atoms with van der Waals surface area (Å²) in [4.78, 5) is 22.0. The molecule has 2 saturated carbocycles.